The molecule has 0 radical (unpaired) electrons. The van der Waals surface area contributed by atoms with Crippen LogP contribution in [-0.4, -0.2) is 31.5 Å². The predicted octanol–water partition coefficient (Wildman–Crippen LogP) is 2.13. The first kappa shape index (κ1) is 18.2. The Morgan fingerprint density at radius 3 is 2.36 bits per heavy atom. The number of carbonyl (C=O) groups excluding carboxylic acids is 3. The molecule has 0 unspecified atom stereocenters. The Balaban J connectivity index is 1.74. The van der Waals surface area contributed by atoms with E-state index in [2.05, 4.69) is 5.32 Å². The van der Waals surface area contributed by atoms with Gasteiger partial charge in [-0.3, -0.25) is 19.7 Å². The summed E-state index contributed by atoms with van der Waals surface area (Å²) >= 11 is 0. The lowest BCUT2D eigenvalue weighted by Gasteiger charge is -2.08. The van der Waals surface area contributed by atoms with Crippen LogP contribution in [0.15, 0.2) is 54.6 Å². The number of hydrogen-bond donors (Lipinski definition) is 1. The molecule has 0 heterocycles. The Kier molecular flexibility index (Phi) is 6.71. The number of imide groups is 1. The zero-order valence-corrected chi connectivity index (χ0v) is 13.9. The third kappa shape index (κ3) is 5.76. The number of hydrogen-bond acceptors (Lipinski definition) is 5. The zero-order valence-electron chi connectivity index (χ0n) is 13.9. The monoisotopic (exact) mass is 341 g/mol. The van der Waals surface area contributed by atoms with Crippen LogP contribution < -0.4 is 10.1 Å². The van der Waals surface area contributed by atoms with Gasteiger partial charge >= 0.3 is 5.97 Å². The largest absolute Gasteiger partial charge is 0.496 e. The van der Waals surface area contributed by atoms with Crippen molar-refractivity contribution in [2.24, 2.45) is 0 Å². The fourth-order valence-electron chi connectivity index (χ4n) is 2.19. The molecule has 0 atom stereocenters. The Bertz CT molecular complexity index is 742. The molecule has 2 amide bonds. The minimum atomic E-state index is -0.667. The van der Waals surface area contributed by atoms with E-state index in [1.165, 1.54) is 0 Å². The first-order valence-corrected chi connectivity index (χ1v) is 7.77. The molecule has 2 aromatic rings. The standard InChI is InChI=1S/C19H19NO5/c1-24-16-10-6-5-7-14(16)11-12-18(22)25-13-17(21)20-19(23)15-8-3-2-4-9-15/h2-10H,11-13H2,1H3,(H,20,21,23). The van der Waals surface area contributed by atoms with Gasteiger partial charge in [0.2, 0.25) is 0 Å². The van der Waals surface area contributed by atoms with Gasteiger partial charge in [0.1, 0.15) is 5.75 Å². The maximum absolute atomic E-state index is 11.8. The highest BCUT2D eigenvalue weighted by Crippen LogP contribution is 2.18. The number of ether oxygens (including phenoxy) is 2. The van der Waals surface area contributed by atoms with Gasteiger partial charge in [0, 0.05) is 12.0 Å². The Morgan fingerprint density at radius 2 is 1.64 bits per heavy atom. The van der Waals surface area contributed by atoms with E-state index in [0.29, 0.717) is 17.7 Å². The molecule has 0 aromatic heterocycles. The number of amides is 2. The molecule has 0 saturated heterocycles. The second-order valence-electron chi connectivity index (χ2n) is 5.22. The minimum absolute atomic E-state index is 0.111. The van der Waals surface area contributed by atoms with Crippen LogP contribution >= 0.6 is 0 Å². The van der Waals surface area contributed by atoms with E-state index in [1.54, 1.807) is 37.4 Å². The van der Waals surface area contributed by atoms with Gasteiger partial charge in [-0.25, -0.2) is 0 Å². The van der Waals surface area contributed by atoms with Crippen molar-refractivity contribution in [1.82, 2.24) is 5.32 Å². The third-order valence-corrected chi connectivity index (χ3v) is 3.44. The summed E-state index contributed by atoms with van der Waals surface area (Å²) in [7, 11) is 1.56. The van der Waals surface area contributed by atoms with Gasteiger partial charge in [-0.1, -0.05) is 36.4 Å². The predicted molar refractivity (Wildman–Crippen MR) is 91.2 cm³/mol. The van der Waals surface area contributed by atoms with Crippen molar-refractivity contribution in [1.29, 1.82) is 0 Å². The van der Waals surface area contributed by atoms with Crippen molar-refractivity contribution in [3.05, 3.63) is 65.7 Å². The average Bonchev–Trinajstić information content (AvgIpc) is 2.65. The molecule has 0 aliphatic rings. The maximum atomic E-state index is 11.8. The number of esters is 1. The van der Waals surface area contributed by atoms with Gasteiger partial charge < -0.3 is 9.47 Å². The lowest BCUT2D eigenvalue weighted by atomic mass is 10.1. The van der Waals surface area contributed by atoms with Crippen LogP contribution in [0.25, 0.3) is 0 Å². The molecule has 6 nitrogen and oxygen atoms in total. The van der Waals surface area contributed by atoms with E-state index in [4.69, 9.17) is 9.47 Å². The van der Waals surface area contributed by atoms with Gasteiger partial charge in [-0.2, -0.15) is 0 Å². The lowest BCUT2D eigenvalue weighted by molar-refractivity contribution is -0.148. The summed E-state index contributed by atoms with van der Waals surface area (Å²) in [5, 5.41) is 2.17. The van der Waals surface area contributed by atoms with Crippen LogP contribution in [0.5, 0.6) is 5.75 Å². The van der Waals surface area contributed by atoms with Crippen molar-refractivity contribution < 1.29 is 23.9 Å². The molecule has 0 fully saturated rings. The summed E-state index contributed by atoms with van der Waals surface area (Å²) in [6, 6.07) is 15.7. The van der Waals surface area contributed by atoms with E-state index in [9.17, 15) is 14.4 Å². The third-order valence-electron chi connectivity index (χ3n) is 3.44. The van der Waals surface area contributed by atoms with Crippen molar-refractivity contribution in [3.8, 4) is 5.75 Å². The van der Waals surface area contributed by atoms with Crippen LogP contribution in [0, 0.1) is 0 Å². The summed E-state index contributed by atoms with van der Waals surface area (Å²) in [4.78, 5) is 35.2. The molecule has 130 valence electrons. The zero-order chi connectivity index (χ0) is 18.1. The van der Waals surface area contributed by atoms with Crippen molar-refractivity contribution in [2.75, 3.05) is 13.7 Å². The van der Waals surface area contributed by atoms with Crippen LogP contribution in [0.3, 0.4) is 0 Å². The average molecular weight is 341 g/mol. The number of aryl methyl sites for hydroxylation is 1. The molecule has 25 heavy (non-hydrogen) atoms. The van der Waals surface area contributed by atoms with Crippen LogP contribution in [0.1, 0.15) is 22.3 Å². The van der Waals surface area contributed by atoms with Gasteiger partial charge in [-0.05, 0) is 30.2 Å². The topological polar surface area (TPSA) is 81.7 Å². The molecule has 2 rings (SSSR count). The highest BCUT2D eigenvalue weighted by atomic mass is 16.5. The van der Waals surface area contributed by atoms with Gasteiger partial charge in [-0.15, -0.1) is 0 Å². The van der Waals surface area contributed by atoms with Crippen LogP contribution in [0.4, 0.5) is 0 Å². The smallest absolute Gasteiger partial charge is 0.306 e. The fraction of sp³-hybridized carbons (Fsp3) is 0.211. The number of nitrogens with one attached hydrogen (secondary N) is 1. The van der Waals surface area contributed by atoms with Gasteiger partial charge in [0.15, 0.2) is 6.61 Å². The lowest BCUT2D eigenvalue weighted by Crippen LogP contribution is -2.34. The van der Waals surface area contributed by atoms with Crippen molar-refractivity contribution in [3.63, 3.8) is 0 Å². The summed E-state index contributed by atoms with van der Waals surface area (Å²) in [6.45, 7) is -0.497. The van der Waals surface area contributed by atoms with E-state index >= 15 is 0 Å². The molecular weight excluding hydrogens is 322 g/mol. The van der Waals surface area contributed by atoms with E-state index < -0.39 is 24.4 Å². The molecule has 0 bridgehead atoms. The van der Waals surface area contributed by atoms with E-state index in [0.717, 1.165) is 5.56 Å². The fourth-order valence-corrected chi connectivity index (χ4v) is 2.19. The molecule has 6 heteroatoms. The van der Waals surface area contributed by atoms with E-state index in [1.807, 2.05) is 24.3 Å². The summed E-state index contributed by atoms with van der Waals surface area (Å²) in [5.74, 6) is -1.02. The number of benzene rings is 2. The molecule has 0 aliphatic heterocycles. The first-order chi connectivity index (χ1) is 12.1. The Morgan fingerprint density at radius 1 is 0.960 bits per heavy atom. The first-order valence-electron chi connectivity index (χ1n) is 7.77. The number of rotatable bonds is 7. The second kappa shape index (κ2) is 9.22. The van der Waals surface area contributed by atoms with Crippen LogP contribution in [0.2, 0.25) is 0 Å². The Labute approximate surface area is 145 Å². The minimum Gasteiger partial charge on any atom is -0.496 e. The summed E-state index contributed by atoms with van der Waals surface area (Å²) in [5.41, 5.74) is 1.24. The van der Waals surface area contributed by atoms with Crippen LogP contribution in [-0.2, 0) is 20.7 Å². The summed E-state index contributed by atoms with van der Waals surface area (Å²) < 4.78 is 10.1. The SMILES string of the molecule is COc1ccccc1CCC(=O)OCC(=O)NC(=O)c1ccccc1. The van der Waals surface area contributed by atoms with Gasteiger partial charge in [0.25, 0.3) is 11.8 Å². The molecule has 0 spiro atoms. The molecule has 0 saturated carbocycles. The quantitative estimate of drug-likeness (QED) is 0.780. The molecule has 2 aromatic carbocycles. The number of para-hydroxylation sites is 1. The second-order valence-corrected chi connectivity index (χ2v) is 5.22. The molecule has 1 N–H and O–H groups in total. The summed E-state index contributed by atoms with van der Waals surface area (Å²) in [6.07, 6.45) is 0.549. The molecule has 0 aliphatic carbocycles. The number of carbonyl (C=O) groups is 3. The highest BCUT2D eigenvalue weighted by molar-refractivity contribution is 6.05. The number of methoxy groups -OCH3 is 1. The highest BCUT2D eigenvalue weighted by Gasteiger charge is 2.13. The van der Waals surface area contributed by atoms with E-state index in [-0.39, 0.29) is 6.42 Å². The van der Waals surface area contributed by atoms with Crippen molar-refractivity contribution in [2.45, 2.75) is 12.8 Å². The van der Waals surface area contributed by atoms with Crippen molar-refractivity contribution >= 4 is 17.8 Å². The molecular formula is C19H19NO5. The van der Waals surface area contributed by atoms with Gasteiger partial charge in [0.05, 0.1) is 7.11 Å². The normalized spacial score (nSPS) is 9.96. The Hall–Kier alpha value is -3.15. The maximum Gasteiger partial charge on any atom is 0.306 e.